The highest BCUT2D eigenvalue weighted by Gasteiger charge is 2.38. The Bertz CT molecular complexity index is 1420. The first-order valence-electron chi connectivity index (χ1n) is 12.1. The van der Waals surface area contributed by atoms with Crippen LogP contribution < -0.4 is 15.4 Å². The maximum atomic E-state index is 13.4. The fourth-order valence-corrected chi connectivity index (χ4v) is 5.27. The van der Waals surface area contributed by atoms with Gasteiger partial charge < -0.3 is 14.8 Å². The number of ether oxygens (including phenoxy) is 2. The van der Waals surface area contributed by atoms with Crippen molar-refractivity contribution in [1.29, 1.82) is 0 Å². The molecule has 3 aromatic heterocycles. The van der Waals surface area contributed by atoms with Gasteiger partial charge in [-0.05, 0) is 19.1 Å². The first-order valence-corrected chi connectivity index (χ1v) is 13.3. The Morgan fingerprint density at radius 2 is 1.95 bits per heavy atom. The lowest BCUT2D eigenvalue weighted by atomic mass is 10.1. The highest BCUT2D eigenvalue weighted by molar-refractivity contribution is 7.15. The van der Waals surface area contributed by atoms with Gasteiger partial charge in [-0.2, -0.15) is 10.2 Å². The number of hydrogen-bond donors (Lipinski definition) is 2. The maximum absolute atomic E-state index is 13.4. The van der Waals surface area contributed by atoms with Gasteiger partial charge >= 0.3 is 12.0 Å². The molecule has 39 heavy (non-hydrogen) atoms. The second-order valence-corrected chi connectivity index (χ2v) is 10.3. The quantitative estimate of drug-likeness (QED) is 0.308. The molecular weight excluding hydrogens is 544 g/mol. The molecule has 1 aliphatic heterocycles. The van der Waals surface area contributed by atoms with Crippen LogP contribution >= 0.6 is 22.9 Å². The van der Waals surface area contributed by atoms with Crippen molar-refractivity contribution in [3.8, 4) is 23.0 Å². The average molecular weight is 571 g/mol. The van der Waals surface area contributed by atoms with Gasteiger partial charge in [-0.1, -0.05) is 29.8 Å². The summed E-state index contributed by atoms with van der Waals surface area (Å²) in [6.45, 7) is 3.38. The second kappa shape index (κ2) is 12.1. The molecule has 14 heteroatoms. The van der Waals surface area contributed by atoms with Gasteiger partial charge in [0.25, 0.3) is 0 Å². The Morgan fingerprint density at radius 1 is 1.18 bits per heavy atom. The predicted molar refractivity (Wildman–Crippen MR) is 146 cm³/mol. The van der Waals surface area contributed by atoms with E-state index in [1.807, 2.05) is 37.3 Å². The molecule has 12 nitrogen and oxygen atoms in total. The second-order valence-electron chi connectivity index (χ2n) is 8.66. The van der Waals surface area contributed by atoms with Gasteiger partial charge in [0.05, 0.1) is 30.3 Å². The fraction of sp³-hybridized carbons (Fsp3) is 0.320. The molecule has 0 saturated carbocycles. The number of thiazole rings is 1. The number of carbonyl (C=O) groups excluding carboxylic acids is 1. The highest BCUT2D eigenvalue weighted by Crippen LogP contribution is 2.35. The van der Waals surface area contributed by atoms with E-state index in [0.717, 1.165) is 16.1 Å². The molecular formula is C25H27ClN8O4S. The minimum atomic E-state index is -0.440. The Labute approximate surface area is 233 Å². The van der Waals surface area contributed by atoms with Gasteiger partial charge in [0.1, 0.15) is 17.6 Å². The highest BCUT2D eigenvalue weighted by atomic mass is 35.5. The van der Waals surface area contributed by atoms with Crippen molar-refractivity contribution in [2.24, 2.45) is 0 Å². The van der Waals surface area contributed by atoms with E-state index < -0.39 is 12.1 Å². The minimum absolute atomic E-state index is 0.256. The number of nitrogens with zero attached hydrogens (tertiary/aromatic N) is 6. The van der Waals surface area contributed by atoms with E-state index >= 15 is 0 Å². The first-order chi connectivity index (χ1) is 19.0. The van der Waals surface area contributed by atoms with Gasteiger partial charge in [0.15, 0.2) is 4.47 Å². The summed E-state index contributed by atoms with van der Waals surface area (Å²) in [6, 6.07) is 9.03. The third kappa shape index (κ3) is 6.02. The molecule has 4 aromatic rings. The van der Waals surface area contributed by atoms with E-state index in [9.17, 15) is 4.79 Å². The smallest absolute Gasteiger partial charge is 0.320 e. The number of aromatic nitrogens is 5. The standard InChI is InChI=1S/C25H27ClN8O4S/c1-15-20(16-11-28-25(37-3)29-12-16)32-34(17-7-5-4-6-8-17)22(15)31-24(35)30-18-14-33(9-10-36-2)38-21(18)19-13-27-23(26)39-19/h4-8,11-13,18,21H,9-10,14H2,1-3H3,(H2,30,31,35)/t18-,21-/m1/s1. The summed E-state index contributed by atoms with van der Waals surface area (Å²) in [5.41, 5.74) is 2.84. The largest absolute Gasteiger partial charge is 0.467 e. The van der Waals surface area contributed by atoms with Crippen molar-refractivity contribution >= 4 is 34.8 Å². The molecule has 2 N–H and O–H groups in total. The van der Waals surface area contributed by atoms with Gasteiger partial charge in [0.2, 0.25) is 0 Å². The normalized spacial score (nSPS) is 17.3. The molecule has 1 aliphatic rings. The maximum Gasteiger partial charge on any atom is 0.320 e. The van der Waals surface area contributed by atoms with Gasteiger partial charge in [-0.25, -0.2) is 24.4 Å². The summed E-state index contributed by atoms with van der Waals surface area (Å²) in [6.07, 6.45) is 4.50. The lowest BCUT2D eigenvalue weighted by Gasteiger charge is -2.18. The first kappa shape index (κ1) is 27.0. The summed E-state index contributed by atoms with van der Waals surface area (Å²) in [5, 5.41) is 12.6. The van der Waals surface area contributed by atoms with Crippen LogP contribution in [0.5, 0.6) is 6.01 Å². The molecule has 0 bridgehead atoms. The molecule has 2 atom stereocenters. The summed E-state index contributed by atoms with van der Waals surface area (Å²) < 4.78 is 12.4. The topological polar surface area (TPSA) is 129 Å². The number of para-hydroxylation sites is 1. The van der Waals surface area contributed by atoms with Gasteiger partial charge in [-0.15, -0.1) is 11.3 Å². The molecule has 0 spiro atoms. The van der Waals surface area contributed by atoms with E-state index in [2.05, 4.69) is 25.6 Å². The lowest BCUT2D eigenvalue weighted by Crippen LogP contribution is -2.42. The van der Waals surface area contributed by atoms with Crippen LogP contribution in [0.4, 0.5) is 10.6 Å². The zero-order valence-corrected chi connectivity index (χ0v) is 23.1. The molecule has 0 aliphatic carbocycles. The Morgan fingerprint density at radius 3 is 2.62 bits per heavy atom. The molecule has 0 radical (unpaired) electrons. The molecule has 1 fully saturated rings. The van der Waals surface area contributed by atoms with Crippen LogP contribution in [-0.4, -0.2) is 75.8 Å². The average Bonchev–Trinajstić information content (AvgIpc) is 3.65. The third-order valence-electron chi connectivity index (χ3n) is 6.10. The van der Waals surface area contributed by atoms with E-state index in [1.54, 1.807) is 35.4 Å². The van der Waals surface area contributed by atoms with Gasteiger partial charge in [-0.3, -0.25) is 10.2 Å². The van der Waals surface area contributed by atoms with Crippen LogP contribution in [0.25, 0.3) is 16.9 Å². The number of rotatable bonds is 9. The monoisotopic (exact) mass is 570 g/mol. The van der Waals surface area contributed by atoms with Crippen LogP contribution in [-0.2, 0) is 9.57 Å². The van der Waals surface area contributed by atoms with Crippen LogP contribution in [0.2, 0.25) is 4.47 Å². The molecule has 2 amide bonds. The lowest BCUT2D eigenvalue weighted by molar-refractivity contribution is -0.153. The van der Waals surface area contributed by atoms with Crippen molar-refractivity contribution in [3.05, 3.63) is 63.8 Å². The van der Waals surface area contributed by atoms with Crippen molar-refractivity contribution in [2.45, 2.75) is 19.1 Å². The third-order valence-corrected chi connectivity index (χ3v) is 7.28. The van der Waals surface area contributed by atoms with Crippen LogP contribution in [0.1, 0.15) is 16.5 Å². The van der Waals surface area contributed by atoms with Crippen LogP contribution in [0.15, 0.2) is 48.9 Å². The molecule has 1 saturated heterocycles. The zero-order valence-electron chi connectivity index (χ0n) is 21.5. The SMILES string of the molecule is COCCN1C[C@@H](NC(=O)Nc2c(C)c(-c3cnc(OC)nc3)nn2-c2ccccc2)[C@H](c2cnc(Cl)s2)O1. The molecule has 204 valence electrons. The number of methoxy groups -OCH3 is 2. The van der Waals surface area contributed by atoms with E-state index in [-0.39, 0.29) is 12.1 Å². The number of hydroxylamine groups is 2. The van der Waals surface area contributed by atoms with Crippen molar-refractivity contribution in [2.75, 3.05) is 39.2 Å². The Kier molecular flexibility index (Phi) is 8.33. The number of halogens is 1. The zero-order chi connectivity index (χ0) is 27.4. The number of hydrogen-bond acceptors (Lipinski definition) is 10. The van der Waals surface area contributed by atoms with Crippen molar-refractivity contribution in [3.63, 3.8) is 0 Å². The van der Waals surface area contributed by atoms with Crippen LogP contribution in [0.3, 0.4) is 0 Å². The van der Waals surface area contributed by atoms with Crippen LogP contribution in [0, 0.1) is 6.92 Å². The molecule has 0 unspecified atom stereocenters. The van der Waals surface area contributed by atoms with Crippen molar-refractivity contribution < 1.29 is 19.1 Å². The van der Waals surface area contributed by atoms with E-state index in [1.165, 1.54) is 18.4 Å². The van der Waals surface area contributed by atoms with Crippen molar-refractivity contribution in [1.82, 2.24) is 35.1 Å². The molecule has 4 heterocycles. The number of nitrogens with one attached hydrogen (secondary N) is 2. The predicted octanol–water partition coefficient (Wildman–Crippen LogP) is 3.88. The number of benzene rings is 1. The summed E-state index contributed by atoms with van der Waals surface area (Å²) in [4.78, 5) is 32.8. The summed E-state index contributed by atoms with van der Waals surface area (Å²) in [5.74, 6) is 0.511. The number of urea groups is 1. The summed E-state index contributed by atoms with van der Waals surface area (Å²) >= 11 is 7.39. The van der Waals surface area contributed by atoms with Gasteiger partial charge in [0, 0.05) is 49.9 Å². The minimum Gasteiger partial charge on any atom is -0.467 e. The van der Waals surface area contributed by atoms with E-state index in [4.69, 9.17) is 31.0 Å². The Hall–Kier alpha value is -3.62. The molecule has 5 rings (SSSR count). The number of amides is 2. The summed E-state index contributed by atoms with van der Waals surface area (Å²) in [7, 11) is 3.13. The molecule has 1 aromatic carbocycles. The Balaban J connectivity index is 1.41. The van der Waals surface area contributed by atoms with E-state index in [0.29, 0.717) is 41.2 Å². The number of anilines is 1. The number of carbonyl (C=O) groups is 1. The fourth-order valence-electron chi connectivity index (χ4n) is 4.23.